The van der Waals surface area contributed by atoms with E-state index in [4.69, 9.17) is 0 Å². The van der Waals surface area contributed by atoms with Gasteiger partial charge in [0.15, 0.2) is 0 Å². The van der Waals surface area contributed by atoms with E-state index in [-0.39, 0.29) is 77.3 Å². The summed E-state index contributed by atoms with van der Waals surface area (Å²) in [5.74, 6) is 0. The third kappa shape index (κ3) is 9.46. The minimum absolute atomic E-state index is 0.0719. The number of anilines is 6. The van der Waals surface area contributed by atoms with E-state index in [9.17, 15) is 27.4 Å². The summed E-state index contributed by atoms with van der Waals surface area (Å²) in [4.78, 5) is 4.24. The summed E-state index contributed by atoms with van der Waals surface area (Å²) in [6.07, 6.45) is 0. The van der Waals surface area contributed by atoms with Crippen LogP contribution in [0.3, 0.4) is 0 Å². The summed E-state index contributed by atoms with van der Waals surface area (Å²) in [5.41, 5.74) is 22.0. The van der Waals surface area contributed by atoms with Gasteiger partial charge in [-0.1, -0.05) is 372 Å². The van der Waals surface area contributed by atoms with Crippen LogP contribution in [0, 0.1) is 0 Å². The van der Waals surface area contributed by atoms with Crippen LogP contribution in [0.25, 0.3) is 144 Å². The van der Waals surface area contributed by atoms with Crippen LogP contribution >= 0.6 is 0 Å². The molecular weight excluding hydrogens is 1510 g/mol. The topological polar surface area (TPSA) is 16.3 Å². The Morgan fingerprint density at radius 2 is 0.536 bits per heavy atom. The zero-order chi connectivity index (χ0) is 99.7. The van der Waals surface area contributed by atoms with E-state index in [0.29, 0.717) is 50.5 Å². The SMILES string of the molecule is [2H]c1c(-n2c3c([2H])c([2H])c([2H])c([2H])c3c3c([2H])c([2H])c([2H])c([2H])c32)cc2c(c1[2H])B1c3c(cc(C(C)(C)C)cc3N(c3c(-c4ccc5c(c4)C4(c6ccccc6-c6ccccc64)c4ccccc4-5)cccc3-c3ccc4c(c3)C3(c5ccccc5-c5ccccc53)c3ccccc3-4)c3cc(-n4c5c([2H])c([2H])c([2H])c([2H])c5c5c([2H])c([2H])c([2H])c([2H])c54)c([2H])c([2H])c31)N2c1c(-c2ccccc2)cccc1-c1ccccc1. The molecule has 582 valence electrons. The summed E-state index contributed by atoms with van der Waals surface area (Å²) >= 11 is 0. The molecule has 0 unspecified atom stereocenters. The maximum atomic E-state index is 11.9. The van der Waals surface area contributed by atoms with E-state index in [2.05, 4.69) is 243 Å². The molecule has 2 aromatic heterocycles. The lowest BCUT2D eigenvalue weighted by Gasteiger charge is -2.46. The van der Waals surface area contributed by atoms with Crippen LogP contribution in [0.15, 0.2) is 424 Å². The number of hydrogen-bond donors (Lipinski definition) is 0. The van der Waals surface area contributed by atoms with Gasteiger partial charge in [-0.2, -0.15) is 0 Å². The first-order valence-electron chi connectivity index (χ1n) is 52.4. The first-order chi connectivity index (χ1) is 70.0. The molecule has 0 fully saturated rings. The number of hydrogen-bond acceptors (Lipinski definition) is 2. The van der Waals surface area contributed by atoms with Crippen molar-refractivity contribution >= 4 is 101 Å². The standard InChI is InChI=1S/C120H79BN4/c1-118(2,3)78-70-113-115-114(71-78)125(117-83(76-60-64-91-89-40-14-24-54-101(89)119(103(91)68-76)97-50-20-10-36-85(97)86-37-11-21-51-98(86)119)48-31-49-84(117)77-61-65-92-90-41-15-25-55-102(90)120(104(92)69-77)99-52-22-12-38-87(99)88-39-13-23-53-100(88)120)112-73-80(123-109-58-28-18-44-95(109)96-45-19-29-59-110(96)123)63-67-106(112)121(115)105-66-62-79(122-107-56-26-16-42-93(107)94-43-17-27-57-108(94)122)72-111(105)124(113)116-81(74-32-6-4-7-33-74)46-30-47-82(116)75-34-8-5-9-35-75/h4-73H,1-3H3/i16D,17D,18D,19D,26D,27D,28D,29D,42D,43D,44D,45D,56D,57D,58D,59D,62D,63D,66D,67D. The first-order valence-corrected chi connectivity index (χ1v) is 42.4. The van der Waals surface area contributed by atoms with E-state index < -0.39 is 144 Å². The highest BCUT2D eigenvalue weighted by molar-refractivity contribution is 7.00. The van der Waals surface area contributed by atoms with Gasteiger partial charge in [-0.05, 0) is 211 Å². The van der Waals surface area contributed by atoms with Crippen LogP contribution in [-0.2, 0) is 16.2 Å². The third-order valence-electron chi connectivity index (χ3n) is 27.4. The van der Waals surface area contributed by atoms with Crippen molar-refractivity contribution in [3.05, 3.63) is 474 Å². The molecule has 0 N–H and O–H groups in total. The normalized spacial score (nSPS) is 16.2. The highest BCUT2D eigenvalue weighted by Gasteiger charge is 2.55. The molecule has 27 rings (SSSR count). The zero-order valence-electron chi connectivity index (χ0n) is 87.7. The molecule has 5 heteroatoms. The summed E-state index contributed by atoms with van der Waals surface area (Å²) in [6.45, 7) is 4.87. The van der Waals surface area contributed by atoms with Crippen LogP contribution in [0.1, 0.15) is 98.3 Å². The van der Waals surface area contributed by atoms with E-state index in [1.807, 2.05) is 78.9 Å². The van der Waals surface area contributed by atoms with Crippen LogP contribution in [0.2, 0.25) is 0 Å². The van der Waals surface area contributed by atoms with Gasteiger partial charge in [0.05, 0.1) is 71.7 Å². The monoisotopic (exact) mass is 1610 g/mol. The Morgan fingerprint density at radius 3 is 0.864 bits per heavy atom. The Balaban J connectivity index is 0.854. The third-order valence-corrected chi connectivity index (χ3v) is 27.4. The lowest BCUT2D eigenvalue weighted by Crippen LogP contribution is -2.61. The van der Waals surface area contributed by atoms with Gasteiger partial charge in [0, 0.05) is 77.9 Å². The molecule has 4 heterocycles. The Bertz CT molecular complexity index is 9010. The largest absolute Gasteiger partial charge is 0.310 e. The molecule has 0 saturated heterocycles. The minimum Gasteiger partial charge on any atom is -0.310 e. The molecule has 2 spiro atoms. The number of para-hydroxylation sites is 6. The molecule has 2 aliphatic heterocycles. The number of rotatable bonds is 8. The van der Waals surface area contributed by atoms with E-state index in [1.165, 1.54) is 9.13 Å². The fraction of sp³-hybridized carbons (Fsp3) is 0.0500. The summed E-state index contributed by atoms with van der Waals surface area (Å²) in [5, 5.41) is -1.05. The fourth-order valence-corrected chi connectivity index (χ4v) is 22.4. The van der Waals surface area contributed by atoms with E-state index in [0.717, 1.165) is 117 Å². The Labute approximate surface area is 755 Å². The molecule has 21 aromatic rings. The number of nitrogens with zero attached hydrogens (tertiary/aromatic N) is 4. The second-order valence-corrected chi connectivity index (χ2v) is 34.4. The quantitative estimate of drug-likeness (QED) is 0.141. The maximum absolute atomic E-state index is 11.9. The smallest absolute Gasteiger partial charge is 0.252 e. The van der Waals surface area contributed by atoms with Crippen LogP contribution in [-0.4, -0.2) is 15.8 Å². The molecule has 0 saturated carbocycles. The first kappa shape index (κ1) is 53.3. The van der Waals surface area contributed by atoms with Gasteiger partial charge >= 0.3 is 0 Å². The molecule has 4 nitrogen and oxygen atoms in total. The summed E-state index contributed by atoms with van der Waals surface area (Å²) in [6, 6.07) is 92.0. The molecule has 125 heavy (non-hydrogen) atoms. The lowest BCUT2D eigenvalue weighted by atomic mass is 9.33. The molecule has 0 radical (unpaired) electrons. The van der Waals surface area contributed by atoms with Crippen molar-refractivity contribution in [1.29, 1.82) is 0 Å². The molecule has 4 aliphatic carbocycles. The predicted octanol–water partition coefficient (Wildman–Crippen LogP) is 28.6. The Hall–Kier alpha value is -15.6. The average Bonchev–Trinajstić information content (AvgIpc) is 1.34. The van der Waals surface area contributed by atoms with Crippen molar-refractivity contribution in [2.45, 2.75) is 37.0 Å². The van der Waals surface area contributed by atoms with E-state index >= 15 is 0 Å². The van der Waals surface area contributed by atoms with E-state index in [1.54, 1.807) is 12.1 Å². The van der Waals surface area contributed by atoms with Crippen LogP contribution in [0.5, 0.6) is 0 Å². The highest BCUT2D eigenvalue weighted by Crippen LogP contribution is 2.67. The molecule has 0 amide bonds. The lowest BCUT2D eigenvalue weighted by molar-refractivity contribution is 0.590. The van der Waals surface area contributed by atoms with Crippen molar-refractivity contribution in [2.75, 3.05) is 9.80 Å². The van der Waals surface area contributed by atoms with Crippen LogP contribution < -0.4 is 26.2 Å². The predicted molar refractivity (Wildman–Crippen MR) is 522 cm³/mol. The average molecular weight is 1610 g/mol. The molecule has 0 atom stereocenters. The van der Waals surface area contributed by atoms with Crippen molar-refractivity contribution in [1.82, 2.24) is 9.13 Å². The van der Waals surface area contributed by atoms with Gasteiger partial charge in [0.25, 0.3) is 6.71 Å². The molecule has 19 aromatic carbocycles. The van der Waals surface area contributed by atoms with Crippen LogP contribution in [0.4, 0.5) is 34.1 Å². The number of aromatic nitrogens is 2. The highest BCUT2D eigenvalue weighted by atomic mass is 15.2. The molecule has 0 bridgehead atoms. The summed E-state index contributed by atoms with van der Waals surface area (Å²) < 4.78 is 204. The maximum Gasteiger partial charge on any atom is 0.252 e. The molecule has 6 aliphatic rings. The van der Waals surface area contributed by atoms with Crippen molar-refractivity contribution < 1.29 is 27.4 Å². The number of benzene rings is 19. The number of fused-ring (bicyclic) bond motifs is 30. The Morgan fingerprint density at radius 1 is 0.248 bits per heavy atom. The fourth-order valence-electron chi connectivity index (χ4n) is 22.4. The van der Waals surface area contributed by atoms with Gasteiger partial charge < -0.3 is 18.9 Å². The Kier molecular flexibility index (Phi) is 11.1. The zero-order valence-corrected chi connectivity index (χ0v) is 67.7. The second-order valence-electron chi connectivity index (χ2n) is 34.4. The molecular formula is C120H79BN4. The van der Waals surface area contributed by atoms with Gasteiger partial charge in [-0.15, -0.1) is 0 Å². The second kappa shape index (κ2) is 26.0. The van der Waals surface area contributed by atoms with Gasteiger partial charge in [0.2, 0.25) is 0 Å². The van der Waals surface area contributed by atoms with Crippen molar-refractivity contribution in [2.24, 2.45) is 0 Å². The van der Waals surface area contributed by atoms with Crippen molar-refractivity contribution in [3.63, 3.8) is 0 Å². The van der Waals surface area contributed by atoms with Crippen molar-refractivity contribution in [3.8, 4) is 100 Å². The van der Waals surface area contributed by atoms with Gasteiger partial charge in [0.1, 0.15) is 0 Å². The van der Waals surface area contributed by atoms with Gasteiger partial charge in [-0.25, -0.2) is 0 Å². The summed E-state index contributed by atoms with van der Waals surface area (Å²) in [7, 11) is 0. The van der Waals surface area contributed by atoms with Gasteiger partial charge in [-0.3, -0.25) is 0 Å². The minimum atomic E-state index is -1.46.